The van der Waals surface area contributed by atoms with Gasteiger partial charge in [0.25, 0.3) is 0 Å². The molecule has 1 aromatic heterocycles. The van der Waals surface area contributed by atoms with Gasteiger partial charge in [0.15, 0.2) is 0 Å². The van der Waals surface area contributed by atoms with Crippen LogP contribution < -0.4 is 5.32 Å². The number of β-amino-alcohol motifs (C(OH)–C–C–N with tert-alkyl or cyclic N) is 1. The molecule has 2 unspecified atom stereocenters. The largest absolute Gasteiger partial charge is 0.389 e. The van der Waals surface area contributed by atoms with Crippen LogP contribution in [0.3, 0.4) is 0 Å². The van der Waals surface area contributed by atoms with Crippen molar-refractivity contribution in [2.24, 2.45) is 5.92 Å². The summed E-state index contributed by atoms with van der Waals surface area (Å²) in [5, 5.41) is 19.5. The summed E-state index contributed by atoms with van der Waals surface area (Å²) < 4.78 is 6.06. The van der Waals surface area contributed by atoms with Crippen LogP contribution in [0.15, 0.2) is 54.0 Å². The summed E-state index contributed by atoms with van der Waals surface area (Å²) in [7, 11) is 0. The molecule has 0 bridgehead atoms. The predicted octanol–water partition coefficient (Wildman–Crippen LogP) is 4.74. The average molecular weight is 411 g/mol. The van der Waals surface area contributed by atoms with Crippen LogP contribution in [0.25, 0.3) is 10.8 Å². The summed E-state index contributed by atoms with van der Waals surface area (Å²) in [6, 6.07) is 15.1. The second-order valence-electron chi connectivity index (χ2n) is 8.74. The standard InChI is InChI=1S/C24H30N2O2S/c1-24(2,14-17-7-8-18-5-3-4-6-20(18)13-17)26-15-21(27)16-28-22(19-9-10-19)23-25-11-12-29-23/h3-8,11-13,19,21-22,26-27H,9-10,14-16H2,1-2H3. The zero-order chi connectivity index (χ0) is 20.3. The SMILES string of the molecule is CC(C)(Cc1ccc2ccccc2c1)NCC(O)COC(c1nccs1)C1CC1. The van der Waals surface area contributed by atoms with Gasteiger partial charge in [-0.05, 0) is 55.4 Å². The van der Waals surface area contributed by atoms with E-state index in [1.165, 1.54) is 29.2 Å². The summed E-state index contributed by atoms with van der Waals surface area (Å²) in [5.74, 6) is 0.561. The molecule has 4 nitrogen and oxygen atoms in total. The first-order valence-corrected chi connectivity index (χ1v) is 11.3. The van der Waals surface area contributed by atoms with Crippen LogP contribution in [-0.2, 0) is 11.2 Å². The molecule has 1 heterocycles. The normalized spacial score (nSPS) is 16.8. The smallest absolute Gasteiger partial charge is 0.122 e. The van der Waals surface area contributed by atoms with Crippen molar-refractivity contribution in [2.45, 2.75) is 50.9 Å². The molecule has 0 radical (unpaired) electrons. The molecule has 1 fully saturated rings. The third-order valence-electron chi connectivity index (χ3n) is 5.49. The summed E-state index contributed by atoms with van der Waals surface area (Å²) in [4.78, 5) is 4.41. The molecule has 0 amide bonds. The van der Waals surface area contributed by atoms with Crippen molar-refractivity contribution < 1.29 is 9.84 Å². The number of benzene rings is 2. The zero-order valence-electron chi connectivity index (χ0n) is 17.2. The Morgan fingerprint density at radius 2 is 2.00 bits per heavy atom. The second-order valence-corrected chi connectivity index (χ2v) is 9.66. The van der Waals surface area contributed by atoms with Crippen LogP contribution >= 0.6 is 11.3 Å². The molecule has 1 saturated carbocycles. The van der Waals surface area contributed by atoms with E-state index in [1.807, 2.05) is 11.6 Å². The number of aliphatic hydroxyl groups is 1. The molecular formula is C24H30N2O2S. The number of aliphatic hydroxyl groups excluding tert-OH is 1. The average Bonchev–Trinajstić information content (AvgIpc) is 3.40. The fraction of sp³-hybridized carbons (Fsp3) is 0.458. The Bertz CT molecular complexity index is 922. The molecule has 0 aliphatic heterocycles. The topological polar surface area (TPSA) is 54.4 Å². The minimum atomic E-state index is -0.535. The Morgan fingerprint density at radius 3 is 2.72 bits per heavy atom. The number of nitrogens with one attached hydrogen (secondary N) is 1. The van der Waals surface area contributed by atoms with Crippen molar-refractivity contribution in [1.82, 2.24) is 10.3 Å². The van der Waals surface area contributed by atoms with E-state index < -0.39 is 6.10 Å². The first-order chi connectivity index (χ1) is 14.0. The molecule has 154 valence electrons. The highest BCUT2D eigenvalue weighted by Gasteiger charge is 2.35. The monoisotopic (exact) mass is 410 g/mol. The number of rotatable bonds is 10. The number of hydrogen-bond donors (Lipinski definition) is 2. The van der Waals surface area contributed by atoms with Crippen LogP contribution in [0.5, 0.6) is 0 Å². The van der Waals surface area contributed by atoms with E-state index in [0.29, 0.717) is 19.1 Å². The molecule has 3 aromatic rings. The highest BCUT2D eigenvalue weighted by atomic mass is 32.1. The molecule has 29 heavy (non-hydrogen) atoms. The van der Waals surface area contributed by atoms with Gasteiger partial charge in [-0.15, -0.1) is 11.3 Å². The number of thiazole rings is 1. The zero-order valence-corrected chi connectivity index (χ0v) is 18.0. The van der Waals surface area contributed by atoms with Gasteiger partial charge in [-0.3, -0.25) is 0 Å². The Morgan fingerprint density at radius 1 is 1.21 bits per heavy atom. The summed E-state index contributed by atoms with van der Waals surface area (Å²) in [6.45, 7) is 5.20. The number of nitrogens with zero attached hydrogens (tertiary/aromatic N) is 1. The molecule has 0 spiro atoms. The number of aromatic nitrogens is 1. The van der Waals surface area contributed by atoms with Crippen molar-refractivity contribution in [3.63, 3.8) is 0 Å². The lowest BCUT2D eigenvalue weighted by molar-refractivity contribution is -0.0212. The minimum absolute atomic E-state index is 0.0373. The van der Waals surface area contributed by atoms with Gasteiger partial charge in [-0.25, -0.2) is 4.98 Å². The lowest BCUT2D eigenvalue weighted by Crippen LogP contribution is -2.46. The molecule has 1 aliphatic carbocycles. The number of hydrogen-bond acceptors (Lipinski definition) is 5. The number of ether oxygens (including phenoxy) is 1. The van der Waals surface area contributed by atoms with Crippen LogP contribution in [-0.4, -0.2) is 34.9 Å². The van der Waals surface area contributed by atoms with Crippen molar-refractivity contribution in [3.05, 3.63) is 64.6 Å². The Kier molecular flexibility index (Phi) is 6.30. The van der Waals surface area contributed by atoms with E-state index in [4.69, 9.17) is 4.74 Å². The predicted molar refractivity (Wildman–Crippen MR) is 119 cm³/mol. The van der Waals surface area contributed by atoms with E-state index in [0.717, 1.165) is 11.4 Å². The highest BCUT2D eigenvalue weighted by molar-refractivity contribution is 7.09. The van der Waals surface area contributed by atoms with Crippen molar-refractivity contribution >= 4 is 22.1 Å². The Hall–Kier alpha value is -1.79. The van der Waals surface area contributed by atoms with Gasteiger partial charge in [-0.1, -0.05) is 42.5 Å². The first kappa shape index (κ1) is 20.5. The van der Waals surface area contributed by atoms with Crippen LogP contribution in [0.4, 0.5) is 0 Å². The second kappa shape index (κ2) is 8.92. The van der Waals surface area contributed by atoms with Crippen LogP contribution in [0, 0.1) is 5.92 Å². The molecule has 2 atom stereocenters. The van der Waals surface area contributed by atoms with Gasteiger partial charge >= 0.3 is 0 Å². The van der Waals surface area contributed by atoms with Gasteiger partial charge in [0, 0.05) is 23.7 Å². The third kappa shape index (κ3) is 5.64. The summed E-state index contributed by atoms with van der Waals surface area (Å²) in [6.07, 6.45) is 4.61. The van der Waals surface area contributed by atoms with E-state index in [2.05, 4.69) is 66.6 Å². The quantitative estimate of drug-likeness (QED) is 0.507. The van der Waals surface area contributed by atoms with Gasteiger partial charge in [-0.2, -0.15) is 0 Å². The maximum atomic E-state index is 10.5. The molecule has 4 rings (SSSR count). The lowest BCUT2D eigenvalue weighted by atomic mass is 9.93. The van der Waals surface area contributed by atoms with Crippen LogP contribution in [0.2, 0.25) is 0 Å². The number of fused-ring (bicyclic) bond motifs is 1. The molecule has 2 aromatic carbocycles. The maximum absolute atomic E-state index is 10.5. The van der Waals surface area contributed by atoms with Gasteiger partial charge < -0.3 is 15.2 Å². The molecular weight excluding hydrogens is 380 g/mol. The molecule has 5 heteroatoms. The van der Waals surface area contributed by atoms with Crippen molar-refractivity contribution in [1.29, 1.82) is 0 Å². The van der Waals surface area contributed by atoms with Gasteiger partial charge in [0.05, 0.1) is 12.7 Å². The lowest BCUT2D eigenvalue weighted by Gasteiger charge is -2.28. The first-order valence-electron chi connectivity index (χ1n) is 10.4. The van der Waals surface area contributed by atoms with E-state index in [-0.39, 0.29) is 11.6 Å². The highest BCUT2D eigenvalue weighted by Crippen LogP contribution is 2.43. The molecule has 1 aliphatic rings. The van der Waals surface area contributed by atoms with Crippen molar-refractivity contribution in [2.75, 3.05) is 13.2 Å². The Labute approximate surface area is 176 Å². The van der Waals surface area contributed by atoms with E-state index in [1.54, 1.807) is 11.3 Å². The van der Waals surface area contributed by atoms with E-state index in [9.17, 15) is 5.11 Å². The minimum Gasteiger partial charge on any atom is -0.389 e. The third-order valence-corrected chi connectivity index (χ3v) is 6.33. The fourth-order valence-electron chi connectivity index (χ4n) is 3.77. The van der Waals surface area contributed by atoms with Gasteiger partial charge in [0.2, 0.25) is 0 Å². The van der Waals surface area contributed by atoms with Crippen molar-refractivity contribution in [3.8, 4) is 0 Å². The Balaban J connectivity index is 1.27. The fourth-order valence-corrected chi connectivity index (χ4v) is 4.55. The maximum Gasteiger partial charge on any atom is 0.122 e. The summed E-state index contributed by atoms with van der Waals surface area (Å²) >= 11 is 1.64. The molecule has 0 saturated heterocycles. The van der Waals surface area contributed by atoms with Crippen LogP contribution in [0.1, 0.15) is 43.4 Å². The molecule has 2 N–H and O–H groups in total. The summed E-state index contributed by atoms with van der Waals surface area (Å²) in [5.41, 5.74) is 1.18. The van der Waals surface area contributed by atoms with E-state index >= 15 is 0 Å². The van der Waals surface area contributed by atoms with Gasteiger partial charge in [0.1, 0.15) is 11.1 Å².